The number of rotatable bonds is 8. The van der Waals surface area contributed by atoms with Gasteiger partial charge in [-0.1, -0.05) is 38.5 Å². The predicted octanol–water partition coefficient (Wildman–Crippen LogP) is 4.24. The van der Waals surface area contributed by atoms with E-state index in [9.17, 15) is 4.79 Å². The Morgan fingerprint density at radius 3 is 2.45 bits per heavy atom. The number of nitrogens with one attached hydrogen (secondary N) is 1. The van der Waals surface area contributed by atoms with Gasteiger partial charge in [-0.25, -0.2) is 4.98 Å². The molecule has 1 heterocycles. The zero-order valence-electron chi connectivity index (χ0n) is 13.3. The van der Waals surface area contributed by atoms with E-state index in [1.165, 1.54) is 0 Å². The number of hydrogen-bond donors (Lipinski definition) is 1. The van der Waals surface area contributed by atoms with Crippen LogP contribution in [-0.2, 0) is 4.79 Å². The van der Waals surface area contributed by atoms with E-state index in [1.54, 1.807) is 11.3 Å². The van der Waals surface area contributed by atoms with Crippen molar-refractivity contribution >= 4 is 28.2 Å². The molecule has 0 aliphatic heterocycles. The maximum Gasteiger partial charge on any atom is 0.225 e. The van der Waals surface area contributed by atoms with Gasteiger partial charge >= 0.3 is 0 Å². The maximum absolute atomic E-state index is 11.9. The number of hydrogen-bond acceptors (Lipinski definition) is 4. The molecule has 114 valence electrons. The van der Waals surface area contributed by atoms with Gasteiger partial charge in [0.15, 0.2) is 5.13 Å². The number of carbonyl (C=O) groups excluding carboxylic acids is 1. The molecule has 0 fully saturated rings. The topological polar surface area (TPSA) is 45.2 Å². The normalized spacial score (nSPS) is 10.9. The lowest BCUT2D eigenvalue weighted by Crippen LogP contribution is -2.21. The predicted molar refractivity (Wildman–Crippen MR) is 87.9 cm³/mol. The first-order valence-corrected chi connectivity index (χ1v) is 8.40. The van der Waals surface area contributed by atoms with Crippen LogP contribution in [0.4, 0.5) is 10.9 Å². The average Bonchev–Trinajstić information content (AvgIpc) is 2.81. The smallest absolute Gasteiger partial charge is 0.225 e. The Labute approximate surface area is 126 Å². The Bertz CT molecular complexity index is 425. The summed E-state index contributed by atoms with van der Waals surface area (Å²) in [4.78, 5) is 19.9. The van der Waals surface area contributed by atoms with Gasteiger partial charge in [-0.05, 0) is 26.2 Å². The first-order chi connectivity index (χ1) is 9.53. The van der Waals surface area contributed by atoms with E-state index in [2.05, 4.69) is 49.8 Å². The molecule has 0 spiro atoms. The Hall–Kier alpha value is -1.10. The van der Waals surface area contributed by atoms with Gasteiger partial charge < -0.3 is 10.2 Å². The molecule has 1 N–H and O–H groups in total. The molecule has 0 saturated heterocycles. The first-order valence-electron chi connectivity index (χ1n) is 7.58. The molecule has 0 saturated carbocycles. The molecule has 1 amide bonds. The molecular formula is C15H27N3OS. The van der Waals surface area contributed by atoms with Gasteiger partial charge in [0.05, 0.1) is 4.88 Å². The SMILES string of the molecule is CCCCC(=O)Nc1nc(N(CC)CC)sc1C(C)C. The van der Waals surface area contributed by atoms with Gasteiger partial charge in [0.2, 0.25) is 5.91 Å². The average molecular weight is 297 g/mol. The monoisotopic (exact) mass is 297 g/mol. The molecule has 0 unspecified atom stereocenters. The lowest BCUT2D eigenvalue weighted by atomic mass is 10.2. The molecule has 20 heavy (non-hydrogen) atoms. The van der Waals surface area contributed by atoms with Crippen LogP contribution < -0.4 is 10.2 Å². The highest BCUT2D eigenvalue weighted by Crippen LogP contribution is 2.35. The minimum atomic E-state index is 0.0742. The number of amides is 1. The second-order valence-electron chi connectivity index (χ2n) is 5.19. The summed E-state index contributed by atoms with van der Waals surface area (Å²) in [5.41, 5.74) is 0. The fourth-order valence-electron chi connectivity index (χ4n) is 1.96. The number of carbonyl (C=O) groups is 1. The molecule has 0 atom stereocenters. The highest BCUT2D eigenvalue weighted by molar-refractivity contribution is 7.16. The van der Waals surface area contributed by atoms with Crippen molar-refractivity contribution in [3.05, 3.63) is 4.88 Å². The minimum absolute atomic E-state index is 0.0742. The van der Waals surface area contributed by atoms with Crippen molar-refractivity contribution in [1.82, 2.24) is 4.98 Å². The van der Waals surface area contributed by atoms with E-state index in [0.717, 1.165) is 41.8 Å². The van der Waals surface area contributed by atoms with Gasteiger partial charge in [-0.15, -0.1) is 0 Å². The summed E-state index contributed by atoms with van der Waals surface area (Å²) >= 11 is 1.69. The van der Waals surface area contributed by atoms with Crippen LogP contribution in [0.15, 0.2) is 0 Å². The van der Waals surface area contributed by atoms with E-state index in [1.807, 2.05) is 0 Å². The molecule has 0 radical (unpaired) electrons. The van der Waals surface area contributed by atoms with Crippen molar-refractivity contribution in [1.29, 1.82) is 0 Å². The third-order valence-electron chi connectivity index (χ3n) is 3.22. The van der Waals surface area contributed by atoms with Crippen molar-refractivity contribution < 1.29 is 4.79 Å². The highest BCUT2D eigenvalue weighted by atomic mass is 32.1. The lowest BCUT2D eigenvalue weighted by Gasteiger charge is -2.16. The van der Waals surface area contributed by atoms with Crippen molar-refractivity contribution in [2.75, 3.05) is 23.3 Å². The van der Waals surface area contributed by atoms with Crippen LogP contribution in [0, 0.1) is 0 Å². The molecule has 1 aromatic rings. The van der Waals surface area contributed by atoms with E-state index < -0.39 is 0 Å². The largest absolute Gasteiger partial charge is 0.349 e. The summed E-state index contributed by atoms with van der Waals surface area (Å²) in [7, 11) is 0. The van der Waals surface area contributed by atoms with Crippen molar-refractivity contribution in [3.8, 4) is 0 Å². The van der Waals surface area contributed by atoms with E-state index in [0.29, 0.717) is 12.3 Å². The molecular weight excluding hydrogens is 270 g/mol. The van der Waals surface area contributed by atoms with Crippen molar-refractivity contribution in [3.63, 3.8) is 0 Å². The lowest BCUT2D eigenvalue weighted by molar-refractivity contribution is -0.116. The Morgan fingerprint density at radius 1 is 1.30 bits per heavy atom. The van der Waals surface area contributed by atoms with Crippen molar-refractivity contribution in [2.45, 2.75) is 59.8 Å². The fraction of sp³-hybridized carbons (Fsp3) is 0.733. The zero-order chi connectivity index (χ0) is 15.1. The maximum atomic E-state index is 11.9. The van der Waals surface area contributed by atoms with Crippen LogP contribution in [0.2, 0.25) is 0 Å². The van der Waals surface area contributed by atoms with Gasteiger partial charge in [0, 0.05) is 19.5 Å². The summed E-state index contributed by atoms with van der Waals surface area (Å²) in [6.45, 7) is 12.5. The van der Waals surface area contributed by atoms with E-state index in [-0.39, 0.29) is 5.91 Å². The van der Waals surface area contributed by atoms with Gasteiger partial charge in [-0.2, -0.15) is 0 Å². The molecule has 0 aliphatic carbocycles. The second kappa shape index (κ2) is 8.25. The molecule has 1 aromatic heterocycles. The second-order valence-corrected chi connectivity index (χ2v) is 6.20. The van der Waals surface area contributed by atoms with Crippen LogP contribution in [-0.4, -0.2) is 24.0 Å². The summed E-state index contributed by atoms with van der Waals surface area (Å²) in [6, 6.07) is 0. The first kappa shape index (κ1) is 17.0. The van der Waals surface area contributed by atoms with E-state index >= 15 is 0 Å². The molecule has 4 nitrogen and oxygen atoms in total. The van der Waals surface area contributed by atoms with Crippen LogP contribution in [0.1, 0.15) is 64.7 Å². The summed E-state index contributed by atoms with van der Waals surface area (Å²) < 4.78 is 0. The van der Waals surface area contributed by atoms with Gasteiger partial charge in [0.25, 0.3) is 0 Å². The van der Waals surface area contributed by atoms with Crippen LogP contribution in [0.5, 0.6) is 0 Å². The van der Waals surface area contributed by atoms with Crippen molar-refractivity contribution in [2.24, 2.45) is 0 Å². The number of nitrogens with zero attached hydrogens (tertiary/aromatic N) is 2. The highest BCUT2D eigenvalue weighted by Gasteiger charge is 2.18. The molecule has 1 rings (SSSR count). The third-order valence-corrected chi connectivity index (χ3v) is 4.63. The fourth-order valence-corrected chi connectivity index (χ4v) is 3.11. The molecule has 5 heteroatoms. The van der Waals surface area contributed by atoms with Crippen LogP contribution in [0.3, 0.4) is 0 Å². The molecule has 0 aliphatic rings. The number of thiazole rings is 1. The molecule has 0 bridgehead atoms. The van der Waals surface area contributed by atoms with Crippen LogP contribution in [0.25, 0.3) is 0 Å². The standard InChI is InChI=1S/C15H27N3OS/c1-6-9-10-12(19)16-14-13(11(4)5)20-15(17-14)18(7-2)8-3/h11H,6-10H2,1-5H3,(H,16,19). The summed E-state index contributed by atoms with van der Waals surface area (Å²) in [5.74, 6) is 1.21. The van der Waals surface area contributed by atoms with Gasteiger partial charge in [-0.3, -0.25) is 4.79 Å². The third kappa shape index (κ3) is 4.47. The van der Waals surface area contributed by atoms with Crippen LogP contribution >= 0.6 is 11.3 Å². The number of aromatic nitrogens is 1. The number of unbranched alkanes of at least 4 members (excludes halogenated alkanes) is 1. The quantitative estimate of drug-likeness (QED) is 0.780. The van der Waals surface area contributed by atoms with Gasteiger partial charge in [0.1, 0.15) is 5.82 Å². The number of anilines is 2. The Kier molecular flexibility index (Phi) is 6.99. The zero-order valence-corrected chi connectivity index (χ0v) is 14.1. The van der Waals surface area contributed by atoms with E-state index in [4.69, 9.17) is 0 Å². The summed E-state index contributed by atoms with van der Waals surface area (Å²) in [5, 5.41) is 3.99. The summed E-state index contributed by atoms with van der Waals surface area (Å²) in [6.07, 6.45) is 2.54. The Morgan fingerprint density at radius 2 is 1.95 bits per heavy atom. The Balaban J connectivity index is 2.90. The molecule has 0 aromatic carbocycles. The minimum Gasteiger partial charge on any atom is -0.349 e.